The first kappa shape index (κ1) is 13.0. The third-order valence-electron chi connectivity index (χ3n) is 2.54. The minimum Gasteiger partial charge on any atom is -0.395 e. The van der Waals surface area contributed by atoms with Gasteiger partial charge in [0.2, 0.25) is 0 Å². The van der Waals surface area contributed by atoms with Gasteiger partial charge in [0.05, 0.1) is 17.2 Å². The third-order valence-corrected chi connectivity index (χ3v) is 4.92. The minimum absolute atomic E-state index is 0.0830. The quantitative estimate of drug-likeness (QED) is 0.856. The zero-order chi connectivity index (χ0) is 12.5. The lowest BCUT2D eigenvalue weighted by atomic mass is 10.2. The summed E-state index contributed by atoms with van der Waals surface area (Å²) in [6.07, 6.45) is 0. The first-order valence-corrected chi connectivity index (χ1v) is 8.39. The maximum atomic E-state index is 11.2. The Labute approximate surface area is 109 Å². The van der Waals surface area contributed by atoms with E-state index in [1.54, 1.807) is 23.9 Å². The topological polar surface area (TPSA) is 57.6 Å². The molecule has 0 saturated carbocycles. The van der Waals surface area contributed by atoms with Crippen LogP contribution < -0.4 is 4.90 Å². The predicted octanol–water partition coefficient (Wildman–Crippen LogP) is 1.52. The standard InChI is InChI=1S/C10H12ClNO3S2/c11-17(14,15)8-1-2-9-10(7-8)16-6-4-12(9)3-5-13/h1-2,7,13H,3-6H2. The molecule has 17 heavy (non-hydrogen) atoms. The number of aliphatic hydroxyl groups is 1. The third kappa shape index (κ3) is 2.88. The second-order valence-corrected chi connectivity index (χ2v) is 7.33. The van der Waals surface area contributed by atoms with Gasteiger partial charge in [-0.25, -0.2) is 8.42 Å². The fourth-order valence-electron chi connectivity index (χ4n) is 1.76. The maximum Gasteiger partial charge on any atom is 0.261 e. The van der Waals surface area contributed by atoms with Crippen molar-refractivity contribution in [2.24, 2.45) is 0 Å². The molecule has 1 aliphatic rings. The Kier molecular flexibility index (Phi) is 3.87. The van der Waals surface area contributed by atoms with Crippen molar-refractivity contribution in [1.82, 2.24) is 0 Å². The molecule has 1 aliphatic heterocycles. The number of fused-ring (bicyclic) bond motifs is 1. The Morgan fingerprint density at radius 3 is 2.88 bits per heavy atom. The molecule has 4 nitrogen and oxygen atoms in total. The summed E-state index contributed by atoms with van der Waals surface area (Å²) in [5.74, 6) is 0.874. The van der Waals surface area contributed by atoms with Crippen LogP contribution in [0.15, 0.2) is 28.0 Å². The lowest BCUT2D eigenvalue weighted by molar-refractivity contribution is 0.302. The van der Waals surface area contributed by atoms with Crippen molar-refractivity contribution in [3.8, 4) is 0 Å². The highest BCUT2D eigenvalue weighted by atomic mass is 35.7. The molecule has 1 aromatic carbocycles. The number of β-amino-alcohol motifs (C(OH)–C–C–N with tert-alkyl or cyclic N) is 1. The average molecular weight is 294 g/mol. The van der Waals surface area contributed by atoms with E-state index < -0.39 is 9.05 Å². The molecule has 0 atom stereocenters. The number of anilines is 1. The first-order valence-electron chi connectivity index (χ1n) is 5.09. The van der Waals surface area contributed by atoms with E-state index in [-0.39, 0.29) is 11.5 Å². The predicted molar refractivity (Wildman–Crippen MR) is 69.5 cm³/mol. The van der Waals surface area contributed by atoms with E-state index in [1.807, 2.05) is 4.90 Å². The van der Waals surface area contributed by atoms with E-state index in [2.05, 4.69) is 0 Å². The fourth-order valence-corrected chi connectivity index (χ4v) is 3.70. The summed E-state index contributed by atoms with van der Waals surface area (Å²) in [4.78, 5) is 3.05. The molecule has 1 N–H and O–H groups in total. The van der Waals surface area contributed by atoms with Crippen molar-refractivity contribution in [3.05, 3.63) is 18.2 Å². The van der Waals surface area contributed by atoms with E-state index in [0.29, 0.717) is 6.54 Å². The van der Waals surface area contributed by atoms with Gasteiger partial charge in [-0.05, 0) is 18.2 Å². The minimum atomic E-state index is -3.68. The number of nitrogens with zero attached hydrogens (tertiary/aromatic N) is 1. The Bertz CT molecular complexity index is 518. The summed E-state index contributed by atoms with van der Waals surface area (Å²) in [6.45, 7) is 1.49. The fraction of sp³-hybridized carbons (Fsp3) is 0.400. The first-order chi connectivity index (χ1) is 8.02. The Balaban J connectivity index is 2.40. The van der Waals surface area contributed by atoms with Gasteiger partial charge in [0.1, 0.15) is 0 Å². The Morgan fingerprint density at radius 2 is 2.24 bits per heavy atom. The molecule has 0 aliphatic carbocycles. The Hall–Kier alpha value is -0.430. The van der Waals surface area contributed by atoms with Gasteiger partial charge < -0.3 is 10.0 Å². The molecule has 1 aromatic rings. The molecule has 0 radical (unpaired) electrons. The van der Waals surface area contributed by atoms with Gasteiger partial charge in [0.15, 0.2) is 0 Å². The van der Waals surface area contributed by atoms with Gasteiger partial charge in [0, 0.05) is 34.4 Å². The van der Waals surface area contributed by atoms with Crippen LogP contribution in [0.2, 0.25) is 0 Å². The molecule has 2 rings (SSSR count). The van der Waals surface area contributed by atoms with E-state index in [0.717, 1.165) is 22.9 Å². The van der Waals surface area contributed by atoms with Gasteiger partial charge in [-0.2, -0.15) is 0 Å². The van der Waals surface area contributed by atoms with Crippen LogP contribution in [0.5, 0.6) is 0 Å². The summed E-state index contributed by atoms with van der Waals surface area (Å²) in [5.41, 5.74) is 0.958. The maximum absolute atomic E-state index is 11.2. The highest BCUT2D eigenvalue weighted by molar-refractivity contribution is 8.13. The Morgan fingerprint density at radius 1 is 1.47 bits per heavy atom. The number of aliphatic hydroxyl groups excluding tert-OH is 1. The SMILES string of the molecule is O=S(=O)(Cl)c1ccc2c(c1)SCCN2CCO. The molecule has 7 heteroatoms. The van der Waals surface area contributed by atoms with Crippen LogP contribution in [0.4, 0.5) is 5.69 Å². The van der Waals surface area contributed by atoms with Crippen LogP contribution >= 0.6 is 22.4 Å². The van der Waals surface area contributed by atoms with Crippen molar-refractivity contribution in [1.29, 1.82) is 0 Å². The lowest BCUT2D eigenvalue weighted by Crippen LogP contribution is -2.31. The van der Waals surface area contributed by atoms with Crippen LogP contribution in [0, 0.1) is 0 Å². The van der Waals surface area contributed by atoms with E-state index in [1.165, 1.54) is 6.07 Å². The number of hydrogen-bond acceptors (Lipinski definition) is 5. The number of halogens is 1. The molecular formula is C10H12ClNO3S2. The summed E-state index contributed by atoms with van der Waals surface area (Å²) < 4.78 is 22.5. The monoisotopic (exact) mass is 293 g/mol. The van der Waals surface area contributed by atoms with Gasteiger partial charge in [0.25, 0.3) is 9.05 Å². The highest BCUT2D eigenvalue weighted by Crippen LogP contribution is 2.36. The summed E-state index contributed by atoms with van der Waals surface area (Å²) >= 11 is 1.60. The average Bonchev–Trinajstić information content (AvgIpc) is 2.28. The zero-order valence-electron chi connectivity index (χ0n) is 8.97. The lowest BCUT2D eigenvalue weighted by Gasteiger charge is -2.30. The van der Waals surface area contributed by atoms with Crippen LogP contribution in [-0.4, -0.2) is 39.0 Å². The van der Waals surface area contributed by atoms with Crippen molar-refractivity contribution in [2.75, 3.05) is 30.3 Å². The molecule has 94 valence electrons. The number of hydrogen-bond donors (Lipinski definition) is 1. The van der Waals surface area contributed by atoms with Gasteiger partial charge >= 0.3 is 0 Å². The number of rotatable bonds is 3. The van der Waals surface area contributed by atoms with Crippen LogP contribution in [0.1, 0.15) is 0 Å². The molecule has 0 saturated heterocycles. The van der Waals surface area contributed by atoms with Crippen molar-refractivity contribution < 1.29 is 13.5 Å². The van der Waals surface area contributed by atoms with Gasteiger partial charge in [-0.15, -0.1) is 11.8 Å². The largest absolute Gasteiger partial charge is 0.395 e. The second-order valence-electron chi connectivity index (χ2n) is 3.63. The number of thioether (sulfide) groups is 1. The van der Waals surface area contributed by atoms with Gasteiger partial charge in [-0.3, -0.25) is 0 Å². The van der Waals surface area contributed by atoms with Crippen LogP contribution in [0.25, 0.3) is 0 Å². The molecule has 0 amide bonds. The van der Waals surface area contributed by atoms with Crippen molar-refractivity contribution >= 4 is 37.2 Å². The molecule has 0 bridgehead atoms. The number of benzene rings is 1. The molecule has 0 fully saturated rings. The normalized spacial score (nSPS) is 15.8. The van der Waals surface area contributed by atoms with Crippen molar-refractivity contribution in [2.45, 2.75) is 9.79 Å². The van der Waals surface area contributed by atoms with Crippen LogP contribution in [0.3, 0.4) is 0 Å². The van der Waals surface area contributed by atoms with Crippen molar-refractivity contribution in [3.63, 3.8) is 0 Å². The van der Waals surface area contributed by atoms with E-state index in [4.69, 9.17) is 15.8 Å². The summed E-state index contributed by atoms with van der Waals surface area (Å²) in [6, 6.07) is 4.83. The summed E-state index contributed by atoms with van der Waals surface area (Å²) in [5, 5.41) is 8.96. The van der Waals surface area contributed by atoms with Gasteiger partial charge in [-0.1, -0.05) is 0 Å². The molecule has 0 aromatic heterocycles. The molecular weight excluding hydrogens is 282 g/mol. The van der Waals surface area contributed by atoms with E-state index in [9.17, 15) is 8.42 Å². The molecule has 0 unspecified atom stereocenters. The van der Waals surface area contributed by atoms with E-state index >= 15 is 0 Å². The zero-order valence-corrected chi connectivity index (χ0v) is 11.4. The smallest absolute Gasteiger partial charge is 0.261 e. The molecule has 0 spiro atoms. The molecule has 1 heterocycles. The second kappa shape index (κ2) is 5.06. The summed E-state index contributed by atoms with van der Waals surface area (Å²) in [7, 11) is 1.63. The van der Waals surface area contributed by atoms with Crippen LogP contribution in [-0.2, 0) is 9.05 Å². The highest BCUT2D eigenvalue weighted by Gasteiger charge is 2.20.